The fraction of sp³-hybridized carbons (Fsp3) is 0.214. The van der Waals surface area contributed by atoms with Crippen LogP contribution in [0.4, 0.5) is 0 Å². The lowest BCUT2D eigenvalue weighted by molar-refractivity contribution is 0.616. The topological polar surface area (TPSA) is 24.9 Å². The molecule has 0 radical (unpaired) electrons. The van der Waals surface area contributed by atoms with Gasteiger partial charge >= 0.3 is 0 Å². The van der Waals surface area contributed by atoms with Gasteiger partial charge in [-0.3, -0.25) is 4.98 Å². The molecule has 1 heterocycles. The lowest BCUT2D eigenvalue weighted by Gasteiger charge is -2.20. The molecule has 2 nitrogen and oxygen atoms in total. The van der Waals surface area contributed by atoms with E-state index in [-0.39, 0.29) is 6.04 Å². The molecule has 100 valence electrons. The highest BCUT2D eigenvalue weighted by Gasteiger charge is 2.20. The summed E-state index contributed by atoms with van der Waals surface area (Å²) in [5.41, 5.74) is 1.62. The van der Waals surface area contributed by atoms with E-state index in [2.05, 4.69) is 10.3 Å². The second-order valence-corrected chi connectivity index (χ2v) is 5.28. The SMILES string of the molecule is CCNC(c1cc(Cl)ccc1Cl)c1ncccc1Cl. The highest BCUT2D eigenvalue weighted by molar-refractivity contribution is 6.34. The second kappa shape index (κ2) is 6.58. The average molecular weight is 316 g/mol. The minimum Gasteiger partial charge on any atom is -0.305 e. The van der Waals surface area contributed by atoms with Gasteiger partial charge in [-0.1, -0.05) is 41.7 Å². The predicted octanol–water partition coefficient (Wildman–Crippen LogP) is 4.74. The maximum absolute atomic E-state index is 6.26. The molecule has 2 rings (SSSR count). The molecule has 1 aromatic carbocycles. The van der Waals surface area contributed by atoms with E-state index in [9.17, 15) is 0 Å². The molecule has 5 heteroatoms. The molecule has 0 spiro atoms. The monoisotopic (exact) mass is 314 g/mol. The van der Waals surface area contributed by atoms with Gasteiger partial charge < -0.3 is 5.32 Å². The summed E-state index contributed by atoms with van der Waals surface area (Å²) >= 11 is 18.5. The van der Waals surface area contributed by atoms with Gasteiger partial charge in [0.05, 0.1) is 16.8 Å². The van der Waals surface area contributed by atoms with Crippen LogP contribution in [-0.4, -0.2) is 11.5 Å². The van der Waals surface area contributed by atoms with E-state index in [0.29, 0.717) is 15.1 Å². The van der Waals surface area contributed by atoms with Crippen LogP contribution in [0.15, 0.2) is 36.5 Å². The van der Waals surface area contributed by atoms with Crippen molar-refractivity contribution in [2.75, 3.05) is 6.54 Å². The Bertz CT molecular complexity index is 572. The Labute approximate surface area is 127 Å². The van der Waals surface area contributed by atoms with E-state index < -0.39 is 0 Å². The zero-order chi connectivity index (χ0) is 13.8. The van der Waals surface area contributed by atoms with E-state index in [0.717, 1.165) is 17.8 Å². The van der Waals surface area contributed by atoms with Crippen molar-refractivity contribution < 1.29 is 0 Å². The summed E-state index contributed by atoms with van der Waals surface area (Å²) in [6.45, 7) is 2.78. The smallest absolute Gasteiger partial charge is 0.0804 e. The lowest BCUT2D eigenvalue weighted by Crippen LogP contribution is -2.23. The molecule has 0 fully saturated rings. The van der Waals surface area contributed by atoms with Gasteiger partial charge in [-0.2, -0.15) is 0 Å². The Kier molecular flexibility index (Phi) is 5.06. The molecule has 1 atom stereocenters. The number of hydrogen-bond donors (Lipinski definition) is 1. The summed E-state index contributed by atoms with van der Waals surface area (Å²) in [5.74, 6) is 0. The molecular formula is C14H13Cl3N2. The number of rotatable bonds is 4. The molecule has 1 aromatic heterocycles. The van der Waals surface area contributed by atoms with Crippen molar-refractivity contribution in [3.8, 4) is 0 Å². The van der Waals surface area contributed by atoms with Crippen LogP contribution < -0.4 is 5.32 Å². The Morgan fingerprint density at radius 1 is 1.16 bits per heavy atom. The molecule has 0 saturated carbocycles. The molecule has 2 aromatic rings. The van der Waals surface area contributed by atoms with Gasteiger partial charge in [0.2, 0.25) is 0 Å². The van der Waals surface area contributed by atoms with Crippen molar-refractivity contribution in [3.05, 3.63) is 62.9 Å². The predicted molar refractivity (Wildman–Crippen MR) is 81.2 cm³/mol. The van der Waals surface area contributed by atoms with Crippen LogP contribution in [0.3, 0.4) is 0 Å². The fourth-order valence-electron chi connectivity index (χ4n) is 1.90. The van der Waals surface area contributed by atoms with Gasteiger partial charge in [0.1, 0.15) is 0 Å². The molecule has 0 bridgehead atoms. The number of halogens is 3. The minimum atomic E-state index is -0.176. The number of nitrogens with one attached hydrogen (secondary N) is 1. The Morgan fingerprint density at radius 3 is 2.63 bits per heavy atom. The van der Waals surface area contributed by atoms with Crippen molar-refractivity contribution in [3.63, 3.8) is 0 Å². The minimum absolute atomic E-state index is 0.176. The van der Waals surface area contributed by atoms with E-state index in [1.807, 2.05) is 19.1 Å². The van der Waals surface area contributed by atoms with Crippen LogP contribution in [0.5, 0.6) is 0 Å². The number of benzene rings is 1. The van der Waals surface area contributed by atoms with Crippen LogP contribution in [0, 0.1) is 0 Å². The van der Waals surface area contributed by atoms with Crippen molar-refractivity contribution in [1.82, 2.24) is 10.3 Å². The summed E-state index contributed by atoms with van der Waals surface area (Å²) < 4.78 is 0. The first-order chi connectivity index (χ1) is 9.13. The van der Waals surface area contributed by atoms with Crippen LogP contribution in [-0.2, 0) is 0 Å². The van der Waals surface area contributed by atoms with Crippen LogP contribution in [0.2, 0.25) is 15.1 Å². The number of pyridine rings is 1. The van der Waals surface area contributed by atoms with Gasteiger partial charge in [0.15, 0.2) is 0 Å². The highest BCUT2D eigenvalue weighted by atomic mass is 35.5. The van der Waals surface area contributed by atoms with Crippen LogP contribution in [0.25, 0.3) is 0 Å². The Morgan fingerprint density at radius 2 is 1.95 bits per heavy atom. The first-order valence-electron chi connectivity index (χ1n) is 5.92. The summed E-state index contributed by atoms with van der Waals surface area (Å²) in [5, 5.41) is 5.21. The third-order valence-corrected chi connectivity index (χ3v) is 3.64. The van der Waals surface area contributed by atoms with Crippen molar-refractivity contribution in [2.45, 2.75) is 13.0 Å². The van der Waals surface area contributed by atoms with Crippen LogP contribution >= 0.6 is 34.8 Å². The van der Waals surface area contributed by atoms with E-state index in [1.165, 1.54) is 0 Å². The highest BCUT2D eigenvalue weighted by Crippen LogP contribution is 2.32. The molecule has 0 amide bonds. The molecule has 0 saturated heterocycles. The summed E-state index contributed by atoms with van der Waals surface area (Å²) in [7, 11) is 0. The Balaban J connectivity index is 2.51. The summed E-state index contributed by atoms with van der Waals surface area (Å²) in [4.78, 5) is 4.35. The number of hydrogen-bond acceptors (Lipinski definition) is 2. The fourth-order valence-corrected chi connectivity index (χ4v) is 2.54. The van der Waals surface area contributed by atoms with E-state index >= 15 is 0 Å². The third-order valence-electron chi connectivity index (χ3n) is 2.74. The molecule has 0 aliphatic rings. The average Bonchev–Trinajstić information content (AvgIpc) is 2.40. The zero-order valence-corrected chi connectivity index (χ0v) is 12.6. The lowest BCUT2D eigenvalue weighted by atomic mass is 10.0. The van der Waals surface area contributed by atoms with Crippen LogP contribution in [0.1, 0.15) is 24.2 Å². The summed E-state index contributed by atoms with van der Waals surface area (Å²) in [6.07, 6.45) is 1.71. The molecule has 19 heavy (non-hydrogen) atoms. The molecular weight excluding hydrogens is 303 g/mol. The third kappa shape index (κ3) is 3.40. The normalized spacial score (nSPS) is 12.4. The first kappa shape index (κ1) is 14.6. The van der Waals surface area contributed by atoms with Gasteiger partial charge in [-0.05, 0) is 42.4 Å². The Hall–Kier alpha value is -0.800. The molecule has 0 aliphatic heterocycles. The van der Waals surface area contributed by atoms with Crippen molar-refractivity contribution >= 4 is 34.8 Å². The van der Waals surface area contributed by atoms with Gasteiger partial charge in [0, 0.05) is 16.2 Å². The maximum Gasteiger partial charge on any atom is 0.0804 e. The second-order valence-electron chi connectivity index (χ2n) is 4.03. The summed E-state index contributed by atoms with van der Waals surface area (Å²) in [6, 6.07) is 8.81. The largest absolute Gasteiger partial charge is 0.305 e. The molecule has 0 aliphatic carbocycles. The van der Waals surface area contributed by atoms with E-state index in [4.69, 9.17) is 34.8 Å². The first-order valence-corrected chi connectivity index (χ1v) is 7.05. The molecule has 1 N–H and O–H groups in total. The van der Waals surface area contributed by atoms with Crippen molar-refractivity contribution in [2.24, 2.45) is 0 Å². The van der Waals surface area contributed by atoms with Crippen molar-refractivity contribution in [1.29, 1.82) is 0 Å². The van der Waals surface area contributed by atoms with E-state index in [1.54, 1.807) is 24.4 Å². The standard InChI is InChI=1S/C14H13Cl3N2/c1-2-18-13(14-12(17)4-3-7-19-14)10-8-9(15)5-6-11(10)16/h3-8,13,18H,2H2,1H3. The van der Waals surface area contributed by atoms with Gasteiger partial charge in [-0.25, -0.2) is 0 Å². The molecule has 1 unspecified atom stereocenters. The quantitative estimate of drug-likeness (QED) is 0.881. The van der Waals surface area contributed by atoms with Gasteiger partial charge in [0.25, 0.3) is 0 Å². The zero-order valence-electron chi connectivity index (χ0n) is 10.3. The maximum atomic E-state index is 6.26. The van der Waals surface area contributed by atoms with Gasteiger partial charge in [-0.15, -0.1) is 0 Å². The number of aromatic nitrogens is 1. The number of nitrogens with zero attached hydrogens (tertiary/aromatic N) is 1.